The van der Waals surface area contributed by atoms with Gasteiger partial charge < -0.3 is 19.9 Å². The first-order valence-corrected chi connectivity index (χ1v) is 8.34. The summed E-state index contributed by atoms with van der Waals surface area (Å²) in [5.41, 5.74) is 1.58. The molecule has 0 aliphatic carbocycles. The third-order valence-corrected chi connectivity index (χ3v) is 3.96. The summed E-state index contributed by atoms with van der Waals surface area (Å²) in [7, 11) is 3.80. The highest BCUT2D eigenvalue weighted by atomic mass is 16.5. The third kappa shape index (κ3) is 4.45. The van der Waals surface area contributed by atoms with Gasteiger partial charge in [0.25, 0.3) is 0 Å². The van der Waals surface area contributed by atoms with Crippen LogP contribution < -0.4 is 15.1 Å². The number of rotatable bonds is 5. The van der Waals surface area contributed by atoms with E-state index in [0.29, 0.717) is 37.1 Å². The van der Waals surface area contributed by atoms with Crippen molar-refractivity contribution in [2.24, 2.45) is 0 Å². The Morgan fingerprint density at radius 2 is 1.96 bits per heavy atom. The standard InChI is InChI=1S/C18H23N5O2/c1-22(2)17-15(20-16(24)12-14-6-4-3-5-7-14)13-19-18(21-17)23-8-10-25-11-9-23/h3-7,13H,8-12H2,1-2H3,(H,20,24). The Labute approximate surface area is 147 Å². The summed E-state index contributed by atoms with van der Waals surface area (Å²) in [6, 6.07) is 9.65. The molecule has 0 bridgehead atoms. The summed E-state index contributed by atoms with van der Waals surface area (Å²) in [6.07, 6.45) is 1.99. The van der Waals surface area contributed by atoms with Crippen LogP contribution in [0.3, 0.4) is 0 Å². The molecule has 0 atom stereocenters. The summed E-state index contributed by atoms with van der Waals surface area (Å²) in [5.74, 6) is 1.27. The van der Waals surface area contributed by atoms with Crippen LogP contribution in [-0.4, -0.2) is 56.3 Å². The highest BCUT2D eigenvalue weighted by Gasteiger charge is 2.18. The zero-order valence-corrected chi connectivity index (χ0v) is 14.6. The van der Waals surface area contributed by atoms with E-state index in [1.807, 2.05) is 49.3 Å². The molecule has 1 aliphatic heterocycles. The van der Waals surface area contributed by atoms with Gasteiger partial charge in [0.15, 0.2) is 5.82 Å². The number of benzene rings is 1. The summed E-state index contributed by atoms with van der Waals surface area (Å²) < 4.78 is 5.37. The molecule has 1 aliphatic rings. The lowest BCUT2D eigenvalue weighted by atomic mass is 10.1. The van der Waals surface area contributed by atoms with Crippen LogP contribution in [0.1, 0.15) is 5.56 Å². The molecule has 0 unspecified atom stereocenters. The minimum Gasteiger partial charge on any atom is -0.378 e. The lowest BCUT2D eigenvalue weighted by molar-refractivity contribution is -0.115. The summed E-state index contributed by atoms with van der Waals surface area (Å²) in [4.78, 5) is 25.3. The van der Waals surface area contributed by atoms with Gasteiger partial charge in [-0.15, -0.1) is 0 Å². The van der Waals surface area contributed by atoms with Gasteiger partial charge in [0.1, 0.15) is 5.69 Å². The van der Waals surface area contributed by atoms with Gasteiger partial charge in [0, 0.05) is 27.2 Å². The first-order valence-electron chi connectivity index (χ1n) is 8.34. The molecule has 0 radical (unpaired) electrons. The van der Waals surface area contributed by atoms with E-state index in [9.17, 15) is 4.79 Å². The van der Waals surface area contributed by atoms with Crippen molar-refractivity contribution in [3.63, 3.8) is 0 Å². The molecule has 7 nitrogen and oxygen atoms in total. The van der Waals surface area contributed by atoms with Crippen molar-refractivity contribution in [1.29, 1.82) is 0 Å². The number of anilines is 3. The number of ether oxygens (including phenoxy) is 1. The Morgan fingerprint density at radius 3 is 2.64 bits per heavy atom. The van der Waals surface area contributed by atoms with Crippen LogP contribution in [-0.2, 0) is 16.0 Å². The fraction of sp³-hybridized carbons (Fsp3) is 0.389. The van der Waals surface area contributed by atoms with E-state index in [1.54, 1.807) is 6.20 Å². The zero-order valence-electron chi connectivity index (χ0n) is 14.6. The molecule has 7 heteroatoms. The second kappa shape index (κ2) is 7.94. The quantitative estimate of drug-likeness (QED) is 0.890. The Bertz CT molecular complexity index is 715. The smallest absolute Gasteiger partial charge is 0.228 e. The highest BCUT2D eigenvalue weighted by Crippen LogP contribution is 2.24. The maximum Gasteiger partial charge on any atom is 0.228 e. The number of amides is 1. The molecule has 1 aromatic heterocycles. The fourth-order valence-electron chi connectivity index (χ4n) is 2.68. The van der Waals surface area contributed by atoms with Gasteiger partial charge in [0.05, 0.1) is 25.8 Å². The molecule has 1 aromatic carbocycles. The van der Waals surface area contributed by atoms with E-state index in [2.05, 4.69) is 20.2 Å². The number of aromatic nitrogens is 2. The Balaban J connectivity index is 1.74. The predicted molar refractivity (Wildman–Crippen MR) is 98.2 cm³/mol. The molecule has 1 saturated heterocycles. The SMILES string of the molecule is CN(C)c1nc(N2CCOCC2)ncc1NC(=O)Cc1ccccc1. The number of carbonyl (C=O) groups excluding carboxylic acids is 1. The van der Waals surface area contributed by atoms with Crippen molar-refractivity contribution in [3.8, 4) is 0 Å². The minimum atomic E-state index is -0.0861. The van der Waals surface area contributed by atoms with Crippen LogP contribution in [0.2, 0.25) is 0 Å². The van der Waals surface area contributed by atoms with Crippen LogP contribution in [0.15, 0.2) is 36.5 Å². The molecule has 1 N–H and O–H groups in total. The summed E-state index contributed by atoms with van der Waals surface area (Å²) in [6.45, 7) is 2.89. The van der Waals surface area contributed by atoms with Gasteiger partial charge in [-0.05, 0) is 5.56 Å². The van der Waals surface area contributed by atoms with E-state index in [4.69, 9.17) is 4.74 Å². The predicted octanol–water partition coefficient (Wildman–Crippen LogP) is 1.56. The molecule has 2 heterocycles. The van der Waals surface area contributed by atoms with Gasteiger partial charge in [-0.3, -0.25) is 4.79 Å². The van der Waals surface area contributed by atoms with E-state index >= 15 is 0 Å². The average Bonchev–Trinajstić information content (AvgIpc) is 2.63. The van der Waals surface area contributed by atoms with Gasteiger partial charge >= 0.3 is 0 Å². The van der Waals surface area contributed by atoms with Crippen molar-refractivity contribution in [2.45, 2.75) is 6.42 Å². The van der Waals surface area contributed by atoms with E-state index in [-0.39, 0.29) is 5.91 Å². The number of carbonyl (C=O) groups is 1. The van der Waals surface area contributed by atoms with Crippen LogP contribution in [0.25, 0.3) is 0 Å². The van der Waals surface area contributed by atoms with E-state index in [1.165, 1.54) is 0 Å². The zero-order chi connectivity index (χ0) is 17.6. The largest absolute Gasteiger partial charge is 0.378 e. The third-order valence-electron chi connectivity index (χ3n) is 3.96. The number of hydrogen-bond acceptors (Lipinski definition) is 6. The highest BCUT2D eigenvalue weighted by molar-refractivity contribution is 5.94. The van der Waals surface area contributed by atoms with Crippen LogP contribution in [0.5, 0.6) is 0 Å². The van der Waals surface area contributed by atoms with E-state index in [0.717, 1.165) is 18.7 Å². The van der Waals surface area contributed by atoms with Crippen molar-refractivity contribution in [3.05, 3.63) is 42.1 Å². The summed E-state index contributed by atoms with van der Waals surface area (Å²) in [5, 5.41) is 2.92. The minimum absolute atomic E-state index is 0.0861. The molecular weight excluding hydrogens is 318 g/mol. The van der Waals surface area contributed by atoms with Gasteiger partial charge in [-0.1, -0.05) is 30.3 Å². The maximum absolute atomic E-state index is 12.3. The second-order valence-corrected chi connectivity index (χ2v) is 6.11. The Kier molecular flexibility index (Phi) is 5.45. The lowest BCUT2D eigenvalue weighted by Crippen LogP contribution is -2.37. The van der Waals surface area contributed by atoms with Crippen LogP contribution in [0, 0.1) is 0 Å². The van der Waals surface area contributed by atoms with Crippen molar-refractivity contribution in [1.82, 2.24) is 9.97 Å². The topological polar surface area (TPSA) is 70.6 Å². The summed E-state index contributed by atoms with van der Waals surface area (Å²) >= 11 is 0. The molecule has 0 spiro atoms. The van der Waals surface area contributed by atoms with Crippen molar-refractivity contribution in [2.75, 3.05) is 55.5 Å². The van der Waals surface area contributed by atoms with Gasteiger partial charge in [-0.2, -0.15) is 4.98 Å². The Hall–Kier alpha value is -2.67. The van der Waals surface area contributed by atoms with Crippen LogP contribution in [0.4, 0.5) is 17.5 Å². The first-order chi connectivity index (χ1) is 12.1. The lowest BCUT2D eigenvalue weighted by Gasteiger charge is -2.28. The number of hydrogen-bond donors (Lipinski definition) is 1. The molecule has 2 aromatic rings. The molecule has 1 amide bonds. The number of nitrogens with zero attached hydrogens (tertiary/aromatic N) is 4. The average molecular weight is 341 g/mol. The molecule has 3 rings (SSSR count). The number of morpholine rings is 1. The van der Waals surface area contributed by atoms with Gasteiger partial charge in [0.2, 0.25) is 11.9 Å². The molecule has 25 heavy (non-hydrogen) atoms. The normalized spacial score (nSPS) is 14.2. The number of nitrogens with one attached hydrogen (secondary N) is 1. The first kappa shape index (κ1) is 17.2. The van der Waals surface area contributed by atoms with Crippen molar-refractivity contribution < 1.29 is 9.53 Å². The molecular formula is C18H23N5O2. The van der Waals surface area contributed by atoms with Gasteiger partial charge in [-0.25, -0.2) is 4.98 Å². The fourth-order valence-corrected chi connectivity index (χ4v) is 2.68. The molecule has 0 saturated carbocycles. The maximum atomic E-state index is 12.3. The second-order valence-electron chi connectivity index (χ2n) is 6.11. The van der Waals surface area contributed by atoms with Crippen LogP contribution >= 0.6 is 0 Å². The molecule has 132 valence electrons. The molecule has 1 fully saturated rings. The van der Waals surface area contributed by atoms with Crippen molar-refractivity contribution >= 4 is 23.4 Å². The van der Waals surface area contributed by atoms with E-state index < -0.39 is 0 Å². The monoisotopic (exact) mass is 341 g/mol. The Morgan fingerprint density at radius 1 is 1.24 bits per heavy atom.